The molecule has 1 saturated heterocycles. The number of nitrogens with zero attached hydrogens (tertiary/aromatic N) is 2. The lowest BCUT2D eigenvalue weighted by Gasteiger charge is -2.32. The van der Waals surface area contributed by atoms with Crippen molar-refractivity contribution in [2.75, 3.05) is 13.1 Å². The van der Waals surface area contributed by atoms with Gasteiger partial charge in [-0.05, 0) is 31.6 Å². The van der Waals surface area contributed by atoms with Crippen LogP contribution in [0.15, 0.2) is 29.6 Å². The summed E-state index contributed by atoms with van der Waals surface area (Å²) in [4.78, 5) is 30.2. The molecular formula is C20H22N2O3S. The molecule has 1 aromatic heterocycles. The van der Waals surface area contributed by atoms with Crippen LogP contribution in [0.25, 0.3) is 10.6 Å². The second kappa shape index (κ2) is 6.50. The molecule has 5 nitrogen and oxygen atoms in total. The van der Waals surface area contributed by atoms with E-state index in [0.717, 1.165) is 35.5 Å². The van der Waals surface area contributed by atoms with E-state index < -0.39 is 5.97 Å². The molecule has 1 unspecified atom stereocenters. The SMILES string of the molecule is Cc1ccc(-c2nc(CC(=O)N3CCC4(CC3)CC4C(=O)O)cs2)cc1. The summed E-state index contributed by atoms with van der Waals surface area (Å²) in [6.07, 6.45) is 2.71. The number of aromatic nitrogens is 1. The Balaban J connectivity index is 1.34. The Morgan fingerprint density at radius 1 is 1.27 bits per heavy atom. The van der Waals surface area contributed by atoms with Crippen molar-refractivity contribution >= 4 is 23.2 Å². The fourth-order valence-corrected chi connectivity index (χ4v) is 4.76. The van der Waals surface area contributed by atoms with Crippen LogP contribution in [0.5, 0.6) is 0 Å². The summed E-state index contributed by atoms with van der Waals surface area (Å²) < 4.78 is 0. The zero-order valence-electron chi connectivity index (χ0n) is 14.8. The number of carboxylic acid groups (broad SMARTS) is 1. The molecule has 2 aromatic rings. The summed E-state index contributed by atoms with van der Waals surface area (Å²) in [5, 5.41) is 12.1. The van der Waals surface area contributed by atoms with Crippen molar-refractivity contribution < 1.29 is 14.7 Å². The normalized spacial score (nSPS) is 21.0. The summed E-state index contributed by atoms with van der Waals surface area (Å²) in [6, 6.07) is 8.23. The first-order valence-corrected chi connectivity index (χ1v) is 9.87. The lowest BCUT2D eigenvalue weighted by molar-refractivity contribution is -0.139. The number of carbonyl (C=O) groups is 2. The van der Waals surface area contributed by atoms with Crippen LogP contribution in [-0.4, -0.2) is 40.0 Å². The Labute approximate surface area is 156 Å². The molecule has 0 radical (unpaired) electrons. The maximum Gasteiger partial charge on any atom is 0.307 e. The van der Waals surface area contributed by atoms with Crippen LogP contribution in [0, 0.1) is 18.3 Å². The van der Waals surface area contributed by atoms with Crippen molar-refractivity contribution in [2.45, 2.75) is 32.6 Å². The molecular weight excluding hydrogens is 348 g/mol. The number of benzene rings is 1. The largest absolute Gasteiger partial charge is 0.481 e. The van der Waals surface area contributed by atoms with Gasteiger partial charge < -0.3 is 10.0 Å². The van der Waals surface area contributed by atoms with Gasteiger partial charge in [-0.3, -0.25) is 9.59 Å². The number of carboxylic acids is 1. The second-order valence-electron chi connectivity index (χ2n) is 7.52. The van der Waals surface area contributed by atoms with Crippen LogP contribution in [0.4, 0.5) is 0 Å². The zero-order chi connectivity index (χ0) is 18.3. The van der Waals surface area contributed by atoms with Crippen molar-refractivity contribution in [1.82, 2.24) is 9.88 Å². The molecule has 1 spiro atoms. The highest BCUT2D eigenvalue weighted by Gasteiger charge is 2.59. The van der Waals surface area contributed by atoms with E-state index in [1.807, 2.05) is 10.3 Å². The number of carbonyl (C=O) groups excluding carboxylic acids is 1. The smallest absolute Gasteiger partial charge is 0.307 e. The molecule has 2 heterocycles. The van der Waals surface area contributed by atoms with Gasteiger partial charge in [0.25, 0.3) is 0 Å². The minimum absolute atomic E-state index is 0.0398. The molecule has 4 rings (SSSR count). The molecule has 1 aromatic carbocycles. The number of piperidine rings is 1. The number of rotatable bonds is 4. The number of aliphatic carboxylic acids is 1. The number of thiazole rings is 1. The average Bonchev–Trinajstić information content (AvgIpc) is 3.13. The summed E-state index contributed by atoms with van der Waals surface area (Å²) in [5.74, 6) is -0.792. The summed E-state index contributed by atoms with van der Waals surface area (Å²) in [6.45, 7) is 3.38. The van der Waals surface area contributed by atoms with Gasteiger partial charge in [0.1, 0.15) is 5.01 Å². The van der Waals surface area contributed by atoms with Crippen molar-refractivity contribution in [2.24, 2.45) is 11.3 Å². The summed E-state index contributed by atoms with van der Waals surface area (Å²) >= 11 is 1.56. The second-order valence-corrected chi connectivity index (χ2v) is 8.38. The third-order valence-corrected chi connectivity index (χ3v) is 6.72. The number of amides is 1. The minimum Gasteiger partial charge on any atom is -0.481 e. The monoisotopic (exact) mass is 370 g/mol. The first-order chi connectivity index (χ1) is 12.5. The molecule has 1 aliphatic heterocycles. The van der Waals surface area contributed by atoms with Crippen LogP contribution in [-0.2, 0) is 16.0 Å². The van der Waals surface area contributed by atoms with Gasteiger partial charge in [0.15, 0.2) is 0 Å². The fourth-order valence-electron chi connectivity index (χ4n) is 3.93. The van der Waals surface area contributed by atoms with Crippen molar-refractivity contribution in [1.29, 1.82) is 0 Å². The van der Waals surface area contributed by atoms with E-state index in [-0.39, 0.29) is 17.2 Å². The van der Waals surface area contributed by atoms with E-state index in [2.05, 4.69) is 36.2 Å². The zero-order valence-corrected chi connectivity index (χ0v) is 15.6. The molecule has 1 N–H and O–H groups in total. The molecule has 2 fully saturated rings. The number of hydrogen-bond donors (Lipinski definition) is 1. The van der Waals surface area contributed by atoms with Gasteiger partial charge in [-0.2, -0.15) is 0 Å². The molecule has 0 bridgehead atoms. The number of hydrogen-bond acceptors (Lipinski definition) is 4. The summed E-state index contributed by atoms with van der Waals surface area (Å²) in [7, 11) is 0. The quantitative estimate of drug-likeness (QED) is 0.896. The van der Waals surface area contributed by atoms with Crippen LogP contribution in [0.2, 0.25) is 0 Å². The summed E-state index contributed by atoms with van der Waals surface area (Å²) in [5.41, 5.74) is 3.06. The van der Waals surface area contributed by atoms with Crippen molar-refractivity contribution in [3.63, 3.8) is 0 Å². The van der Waals surface area contributed by atoms with Gasteiger partial charge in [-0.15, -0.1) is 11.3 Å². The topological polar surface area (TPSA) is 70.5 Å². The molecule has 1 aliphatic carbocycles. The maximum absolute atomic E-state index is 12.6. The highest BCUT2D eigenvalue weighted by molar-refractivity contribution is 7.13. The van der Waals surface area contributed by atoms with Gasteiger partial charge in [-0.25, -0.2) is 4.98 Å². The van der Waals surface area contributed by atoms with E-state index >= 15 is 0 Å². The van der Waals surface area contributed by atoms with Gasteiger partial charge in [0, 0.05) is 24.0 Å². The van der Waals surface area contributed by atoms with Crippen LogP contribution in [0.3, 0.4) is 0 Å². The highest BCUT2D eigenvalue weighted by Crippen LogP contribution is 2.59. The first kappa shape index (κ1) is 17.2. The van der Waals surface area contributed by atoms with E-state index in [1.54, 1.807) is 11.3 Å². The Hall–Kier alpha value is -2.21. The third kappa shape index (κ3) is 3.26. The predicted molar refractivity (Wildman–Crippen MR) is 100.0 cm³/mol. The molecule has 1 amide bonds. The maximum atomic E-state index is 12.6. The molecule has 136 valence electrons. The van der Waals surface area contributed by atoms with Crippen LogP contribution < -0.4 is 0 Å². The Kier molecular flexibility index (Phi) is 4.31. The van der Waals surface area contributed by atoms with Gasteiger partial charge in [0.05, 0.1) is 18.0 Å². The predicted octanol–water partition coefficient (Wildman–Crippen LogP) is 3.37. The number of likely N-dealkylation sites (tertiary alicyclic amines) is 1. The Bertz CT molecular complexity index is 835. The van der Waals surface area contributed by atoms with E-state index in [1.165, 1.54) is 5.56 Å². The molecule has 1 atom stereocenters. The van der Waals surface area contributed by atoms with Gasteiger partial charge in [0.2, 0.25) is 5.91 Å². The third-order valence-electron chi connectivity index (χ3n) is 5.78. The minimum atomic E-state index is -0.684. The molecule has 2 aliphatic rings. The van der Waals surface area contributed by atoms with Crippen molar-refractivity contribution in [3.8, 4) is 10.6 Å². The molecule has 26 heavy (non-hydrogen) atoms. The van der Waals surface area contributed by atoms with Crippen LogP contribution in [0.1, 0.15) is 30.5 Å². The fraction of sp³-hybridized carbons (Fsp3) is 0.450. The Morgan fingerprint density at radius 2 is 1.96 bits per heavy atom. The van der Waals surface area contributed by atoms with Gasteiger partial charge >= 0.3 is 5.97 Å². The highest BCUT2D eigenvalue weighted by atomic mass is 32.1. The number of aryl methyl sites for hydroxylation is 1. The van der Waals surface area contributed by atoms with Crippen LogP contribution >= 0.6 is 11.3 Å². The Morgan fingerprint density at radius 3 is 2.58 bits per heavy atom. The van der Waals surface area contributed by atoms with E-state index in [4.69, 9.17) is 5.11 Å². The standard InChI is InChI=1S/C20H22N2O3S/c1-13-2-4-14(5-3-13)18-21-15(12-26-18)10-17(23)22-8-6-20(7-9-22)11-16(20)19(24)25/h2-5,12,16H,6-11H2,1H3,(H,24,25). The van der Waals surface area contributed by atoms with Crippen molar-refractivity contribution in [3.05, 3.63) is 40.9 Å². The van der Waals surface area contributed by atoms with E-state index in [9.17, 15) is 9.59 Å². The molecule has 1 saturated carbocycles. The molecule has 6 heteroatoms. The lowest BCUT2D eigenvalue weighted by atomic mass is 9.90. The van der Waals surface area contributed by atoms with Gasteiger partial charge in [-0.1, -0.05) is 29.8 Å². The van der Waals surface area contributed by atoms with E-state index in [0.29, 0.717) is 19.5 Å². The average molecular weight is 370 g/mol. The lowest BCUT2D eigenvalue weighted by Crippen LogP contribution is -2.40. The first-order valence-electron chi connectivity index (χ1n) is 8.99.